The highest BCUT2D eigenvalue weighted by molar-refractivity contribution is 5.93. The van der Waals surface area contributed by atoms with Crippen LogP contribution in [0.4, 0.5) is 20.4 Å². The molecule has 1 amide bonds. The fourth-order valence-corrected chi connectivity index (χ4v) is 7.39. The molecule has 264 valence electrons. The van der Waals surface area contributed by atoms with Crippen molar-refractivity contribution < 1.29 is 22.8 Å². The summed E-state index contributed by atoms with van der Waals surface area (Å²) in [7, 11) is 1.85. The third kappa shape index (κ3) is 6.22. The van der Waals surface area contributed by atoms with Gasteiger partial charge in [0.05, 0.1) is 16.6 Å². The van der Waals surface area contributed by atoms with Crippen LogP contribution in [0.2, 0.25) is 0 Å². The maximum atomic E-state index is 16.6. The molecule has 7 rings (SSSR count). The van der Waals surface area contributed by atoms with Gasteiger partial charge in [-0.05, 0) is 56.8 Å². The number of aryl methyl sites for hydroxylation is 1. The summed E-state index contributed by atoms with van der Waals surface area (Å²) in [6.07, 6.45) is 6.35. The highest BCUT2D eigenvalue weighted by atomic mass is 19.1. The molecule has 7 heterocycles. The van der Waals surface area contributed by atoms with Gasteiger partial charge in [0.25, 0.3) is 5.89 Å². The number of likely N-dealkylation sites (N-methyl/N-ethyl adjacent to an activating group) is 1. The van der Waals surface area contributed by atoms with Crippen LogP contribution in [0, 0.1) is 19.7 Å². The van der Waals surface area contributed by atoms with Gasteiger partial charge in [0.1, 0.15) is 35.6 Å². The quantitative estimate of drug-likeness (QED) is 0.244. The zero-order chi connectivity index (χ0) is 35.3. The normalized spacial score (nSPS) is 22.4. The minimum Gasteiger partial charge on any atom is -0.461 e. The Hall–Kier alpha value is -4.79. The standard InChI is InChI=1S/C35H42F2N10O3/c1-19(2)32-41-26(50-44-32)7-8-27(48)46-12-9-23(17-46)45(5)33-24-15-39-31(29-21(4)20(3)13-25(38)40-29)28(37)30(24)42-34(43-33)49-18-35-10-6-11-47(35)16-22(36)14-35/h7-8,13,15,19,22-23H,6,9-12,14,16-18H2,1-5H3,(H2,38,40)/b8-7+/t22-,23-,35+/m1/s1. The molecule has 0 aromatic carbocycles. The Morgan fingerprint density at radius 1 is 1.20 bits per heavy atom. The first-order valence-electron chi connectivity index (χ1n) is 17.1. The van der Waals surface area contributed by atoms with Crippen molar-refractivity contribution in [1.82, 2.24) is 39.9 Å². The molecule has 3 saturated heterocycles. The summed E-state index contributed by atoms with van der Waals surface area (Å²) < 4.78 is 42.6. The van der Waals surface area contributed by atoms with Crippen LogP contribution in [-0.2, 0) is 4.79 Å². The summed E-state index contributed by atoms with van der Waals surface area (Å²) in [5.74, 6) is 0.745. The molecule has 0 unspecified atom stereocenters. The van der Waals surface area contributed by atoms with E-state index in [0.717, 1.165) is 30.5 Å². The van der Waals surface area contributed by atoms with E-state index in [2.05, 4.69) is 30.0 Å². The number of carbonyl (C=O) groups excluding carboxylic acids is 1. The summed E-state index contributed by atoms with van der Waals surface area (Å²) in [5, 5.41) is 4.32. The molecule has 15 heteroatoms. The van der Waals surface area contributed by atoms with Crippen LogP contribution >= 0.6 is 0 Å². The number of nitrogens with two attached hydrogens (primary N) is 1. The molecule has 4 aromatic heterocycles. The molecule has 4 aromatic rings. The van der Waals surface area contributed by atoms with E-state index in [1.807, 2.05) is 39.6 Å². The van der Waals surface area contributed by atoms with Gasteiger partial charge >= 0.3 is 6.01 Å². The third-order valence-corrected chi connectivity index (χ3v) is 10.3. The number of hydrogen-bond donors (Lipinski definition) is 1. The van der Waals surface area contributed by atoms with E-state index in [9.17, 15) is 9.18 Å². The molecule has 3 fully saturated rings. The number of rotatable bonds is 9. The van der Waals surface area contributed by atoms with Crippen LogP contribution in [0.3, 0.4) is 0 Å². The maximum absolute atomic E-state index is 16.6. The van der Waals surface area contributed by atoms with Crippen LogP contribution in [0.5, 0.6) is 6.01 Å². The molecule has 0 bridgehead atoms. The topological polar surface area (TPSA) is 153 Å². The van der Waals surface area contributed by atoms with Gasteiger partial charge in [-0.15, -0.1) is 0 Å². The Kier molecular flexibility index (Phi) is 8.87. The van der Waals surface area contributed by atoms with Gasteiger partial charge in [-0.2, -0.15) is 15.0 Å². The lowest BCUT2D eigenvalue weighted by Crippen LogP contribution is -2.43. The first-order chi connectivity index (χ1) is 23.9. The van der Waals surface area contributed by atoms with E-state index in [1.165, 1.54) is 12.2 Å². The first kappa shape index (κ1) is 33.7. The van der Waals surface area contributed by atoms with Crippen molar-refractivity contribution in [2.45, 2.75) is 77.0 Å². The Morgan fingerprint density at radius 2 is 2.02 bits per heavy atom. The smallest absolute Gasteiger partial charge is 0.319 e. The second kappa shape index (κ2) is 13.2. The molecule has 50 heavy (non-hydrogen) atoms. The van der Waals surface area contributed by atoms with Crippen molar-refractivity contribution in [1.29, 1.82) is 0 Å². The lowest BCUT2D eigenvalue weighted by molar-refractivity contribution is -0.124. The molecule has 2 N–H and O–H groups in total. The lowest BCUT2D eigenvalue weighted by atomic mass is 9.95. The Morgan fingerprint density at radius 3 is 2.80 bits per heavy atom. The van der Waals surface area contributed by atoms with Gasteiger partial charge in [-0.3, -0.25) is 14.7 Å². The Labute approximate surface area is 288 Å². The first-order valence-corrected chi connectivity index (χ1v) is 17.1. The summed E-state index contributed by atoms with van der Waals surface area (Å²) >= 11 is 0. The number of ether oxygens (including phenoxy) is 1. The highest BCUT2D eigenvalue weighted by Gasteiger charge is 2.49. The van der Waals surface area contributed by atoms with Crippen LogP contribution < -0.4 is 15.4 Å². The van der Waals surface area contributed by atoms with Crippen molar-refractivity contribution in [2.75, 3.05) is 50.5 Å². The van der Waals surface area contributed by atoms with Crippen molar-refractivity contribution in [3.8, 4) is 17.4 Å². The monoisotopic (exact) mass is 688 g/mol. The largest absolute Gasteiger partial charge is 0.461 e. The van der Waals surface area contributed by atoms with Crippen LogP contribution in [0.25, 0.3) is 28.4 Å². The van der Waals surface area contributed by atoms with Crippen LogP contribution in [0.15, 0.2) is 22.9 Å². The predicted molar refractivity (Wildman–Crippen MR) is 184 cm³/mol. The zero-order valence-corrected chi connectivity index (χ0v) is 29.0. The number of aromatic nitrogens is 6. The SMILES string of the molecule is Cc1cc(N)nc(-c2ncc3c(N(C)[C@@H]4CCN(C(=O)/C=C/c5nc(C(C)C)no5)C4)nc(OC[C@@]45CCCN4C[C@H](F)C5)nc3c2F)c1C. The second-order valence-electron chi connectivity index (χ2n) is 14.0. The fourth-order valence-electron chi connectivity index (χ4n) is 7.39. The van der Waals surface area contributed by atoms with Gasteiger partial charge in [0, 0.05) is 63.4 Å². The molecule has 0 aliphatic carbocycles. The summed E-state index contributed by atoms with van der Waals surface area (Å²) in [6.45, 7) is 9.93. The van der Waals surface area contributed by atoms with Gasteiger partial charge in [-0.1, -0.05) is 19.0 Å². The number of hydrogen-bond acceptors (Lipinski definition) is 12. The predicted octanol–water partition coefficient (Wildman–Crippen LogP) is 4.64. The minimum absolute atomic E-state index is 0.0124. The van der Waals surface area contributed by atoms with Gasteiger partial charge in [0.15, 0.2) is 11.6 Å². The average Bonchev–Trinajstić information content (AvgIpc) is 3.89. The van der Waals surface area contributed by atoms with Crippen molar-refractivity contribution in [3.05, 3.63) is 47.0 Å². The number of nitrogen functional groups attached to an aromatic ring is 1. The van der Waals surface area contributed by atoms with Crippen molar-refractivity contribution in [2.24, 2.45) is 0 Å². The number of amides is 1. The third-order valence-electron chi connectivity index (χ3n) is 10.3. The van der Waals surface area contributed by atoms with Crippen molar-refractivity contribution in [3.63, 3.8) is 0 Å². The van der Waals surface area contributed by atoms with Crippen LogP contribution in [-0.4, -0.2) is 103 Å². The number of anilines is 2. The fraction of sp³-hybridized carbons (Fsp3) is 0.514. The number of fused-ring (bicyclic) bond motifs is 2. The molecule has 3 aliphatic heterocycles. The Bertz CT molecular complexity index is 1970. The minimum atomic E-state index is -0.922. The number of pyridine rings is 2. The summed E-state index contributed by atoms with van der Waals surface area (Å²) in [5.41, 5.74) is 7.58. The molecule has 0 spiro atoms. The van der Waals surface area contributed by atoms with E-state index in [4.69, 9.17) is 20.0 Å². The Balaban J connectivity index is 1.19. The van der Waals surface area contributed by atoms with E-state index in [-0.39, 0.29) is 53.4 Å². The van der Waals surface area contributed by atoms with E-state index in [0.29, 0.717) is 55.2 Å². The number of halogens is 2. The molecular weight excluding hydrogens is 646 g/mol. The molecule has 13 nitrogen and oxygen atoms in total. The molecule has 0 saturated carbocycles. The van der Waals surface area contributed by atoms with Gasteiger partial charge in [0.2, 0.25) is 5.91 Å². The lowest BCUT2D eigenvalue weighted by Gasteiger charge is -2.31. The number of nitrogens with zero attached hydrogens (tertiary/aromatic N) is 9. The van der Waals surface area contributed by atoms with E-state index >= 15 is 4.39 Å². The van der Waals surface area contributed by atoms with Crippen LogP contribution in [0.1, 0.15) is 68.3 Å². The highest BCUT2D eigenvalue weighted by Crippen LogP contribution is 2.41. The summed E-state index contributed by atoms with van der Waals surface area (Å²) in [4.78, 5) is 41.5. The van der Waals surface area contributed by atoms with Gasteiger partial charge in [-0.25, -0.2) is 13.8 Å². The maximum Gasteiger partial charge on any atom is 0.319 e. The van der Waals surface area contributed by atoms with Crippen molar-refractivity contribution >= 4 is 34.5 Å². The molecule has 3 aliphatic rings. The zero-order valence-electron chi connectivity index (χ0n) is 29.0. The summed E-state index contributed by atoms with van der Waals surface area (Å²) in [6, 6.07) is 1.57. The second-order valence-corrected chi connectivity index (χ2v) is 14.0. The molecule has 3 atom stereocenters. The number of alkyl halides is 1. The number of likely N-dealkylation sites (tertiary alicyclic amines) is 1. The van der Waals surface area contributed by atoms with Gasteiger partial charge < -0.3 is 24.8 Å². The van der Waals surface area contributed by atoms with E-state index < -0.39 is 17.5 Å². The molecule has 0 radical (unpaired) electrons. The number of carbonyl (C=O) groups is 1. The average molecular weight is 689 g/mol. The molecular formula is C35H42F2N10O3. The van der Waals surface area contributed by atoms with E-state index in [1.54, 1.807) is 17.2 Å².